The zero-order valence-electron chi connectivity index (χ0n) is 25.7. The topological polar surface area (TPSA) is 43.6 Å². The Balaban J connectivity index is 1.22. The molecule has 0 aliphatic carbocycles. The van der Waals surface area contributed by atoms with Crippen LogP contribution < -0.4 is 0 Å². The van der Waals surface area contributed by atoms with Crippen molar-refractivity contribution in [1.82, 2.24) is 19.5 Å². The van der Waals surface area contributed by atoms with Gasteiger partial charge < -0.3 is 4.57 Å². The normalized spacial score (nSPS) is 11.8. The van der Waals surface area contributed by atoms with Crippen LogP contribution in [0, 0.1) is 0 Å². The van der Waals surface area contributed by atoms with Gasteiger partial charge in [0.1, 0.15) is 0 Å². The van der Waals surface area contributed by atoms with Gasteiger partial charge >= 0.3 is 0 Å². The molecule has 0 saturated carbocycles. The van der Waals surface area contributed by atoms with E-state index < -0.39 is 0 Å². The van der Waals surface area contributed by atoms with Gasteiger partial charge in [0.25, 0.3) is 0 Å². The lowest BCUT2D eigenvalue weighted by atomic mass is 9.96. The second kappa shape index (κ2) is 10.7. The molecule has 0 unspecified atom stereocenters. The van der Waals surface area contributed by atoms with Gasteiger partial charge in [-0.3, -0.25) is 0 Å². The number of aromatic nitrogens is 4. The minimum Gasteiger partial charge on any atom is -0.309 e. The SMILES string of the molecule is c1ccc(-c2nc(-c3ccccc3)nc(-c3ccc(-n4c5cc6ccsc6cc5c5c6ccccc6c6ccccc6c54)cc3)n2)cc1. The molecule has 0 aliphatic heterocycles. The van der Waals surface area contributed by atoms with Gasteiger partial charge in [0.15, 0.2) is 17.5 Å². The Hall–Kier alpha value is -6.17. The number of nitrogens with zero attached hydrogens (tertiary/aromatic N) is 4. The highest BCUT2D eigenvalue weighted by Gasteiger charge is 2.20. The van der Waals surface area contributed by atoms with Crippen LogP contribution in [0.15, 0.2) is 157 Å². The monoisotopic (exact) mass is 630 g/mol. The van der Waals surface area contributed by atoms with Crippen LogP contribution in [0.4, 0.5) is 0 Å². The quantitative estimate of drug-likeness (QED) is 0.182. The van der Waals surface area contributed by atoms with Crippen molar-refractivity contribution in [3.05, 3.63) is 157 Å². The fourth-order valence-electron chi connectivity index (χ4n) is 7.10. The molecule has 3 heterocycles. The van der Waals surface area contributed by atoms with E-state index in [0.717, 1.165) is 22.4 Å². The van der Waals surface area contributed by atoms with Crippen molar-refractivity contribution >= 4 is 64.8 Å². The van der Waals surface area contributed by atoms with Crippen molar-refractivity contribution in [2.45, 2.75) is 0 Å². The van der Waals surface area contributed by atoms with Gasteiger partial charge in [0, 0.05) is 43.2 Å². The molecule has 0 spiro atoms. The average molecular weight is 631 g/mol. The van der Waals surface area contributed by atoms with Crippen molar-refractivity contribution in [2.75, 3.05) is 0 Å². The second-order valence-corrected chi connectivity index (χ2v) is 13.0. The lowest BCUT2D eigenvalue weighted by Gasteiger charge is -2.13. The Bertz CT molecular complexity index is 2760. The van der Waals surface area contributed by atoms with E-state index in [4.69, 9.17) is 15.0 Å². The van der Waals surface area contributed by atoms with Crippen LogP contribution in [0.3, 0.4) is 0 Å². The van der Waals surface area contributed by atoms with Crippen LogP contribution in [-0.2, 0) is 0 Å². The molecular formula is C43H26N4S. The largest absolute Gasteiger partial charge is 0.309 e. The summed E-state index contributed by atoms with van der Waals surface area (Å²) < 4.78 is 3.74. The summed E-state index contributed by atoms with van der Waals surface area (Å²) in [5, 5.41) is 11.0. The molecule has 224 valence electrons. The maximum Gasteiger partial charge on any atom is 0.164 e. The summed E-state index contributed by atoms with van der Waals surface area (Å²) in [6, 6.07) is 53.4. The van der Waals surface area contributed by atoms with Crippen molar-refractivity contribution < 1.29 is 0 Å². The van der Waals surface area contributed by atoms with Crippen molar-refractivity contribution in [2.24, 2.45) is 0 Å². The highest BCUT2D eigenvalue weighted by molar-refractivity contribution is 7.17. The molecule has 0 saturated heterocycles. The summed E-state index contributed by atoms with van der Waals surface area (Å²) in [6.45, 7) is 0. The lowest BCUT2D eigenvalue weighted by molar-refractivity contribution is 1.07. The molecule has 4 nitrogen and oxygen atoms in total. The van der Waals surface area contributed by atoms with E-state index in [2.05, 4.69) is 101 Å². The van der Waals surface area contributed by atoms with Crippen LogP contribution >= 0.6 is 11.3 Å². The molecule has 7 aromatic carbocycles. The molecule has 48 heavy (non-hydrogen) atoms. The van der Waals surface area contributed by atoms with E-state index in [1.54, 1.807) is 11.3 Å². The van der Waals surface area contributed by atoms with E-state index in [9.17, 15) is 0 Å². The van der Waals surface area contributed by atoms with E-state index in [0.29, 0.717) is 17.5 Å². The predicted octanol–water partition coefficient (Wildman–Crippen LogP) is 11.5. The van der Waals surface area contributed by atoms with Crippen LogP contribution in [0.1, 0.15) is 0 Å². The molecule has 0 aliphatic rings. The highest BCUT2D eigenvalue weighted by atomic mass is 32.1. The maximum absolute atomic E-state index is 4.97. The number of benzene rings is 7. The zero-order valence-corrected chi connectivity index (χ0v) is 26.5. The number of fused-ring (bicyclic) bond motifs is 9. The third-order valence-corrected chi connectivity index (χ3v) is 10.2. The van der Waals surface area contributed by atoms with E-state index >= 15 is 0 Å². The first-order valence-corrected chi connectivity index (χ1v) is 16.9. The smallest absolute Gasteiger partial charge is 0.164 e. The standard InChI is InChI=1S/C43H26N4S/c1-3-11-27(12-4-1)41-44-42(28-13-5-2-6-14-28)46-43(45-41)29-19-21-31(22-20-29)47-37-25-30-23-24-48-38(30)26-36(37)39-34-17-9-7-15-32(34)33-16-8-10-18-35(33)40(39)47/h1-26H. The number of thiophene rings is 1. The first kappa shape index (κ1) is 27.0. The van der Waals surface area contributed by atoms with E-state index in [1.807, 2.05) is 60.7 Å². The minimum atomic E-state index is 0.646. The Morgan fingerprint density at radius 2 is 0.958 bits per heavy atom. The van der Waals surface area contributed by atoms with Gasteiger partial charge in [-0.15, -0.1) is 11.3 Å². The first-order chi connectivity index (χ1) is 23.8. The Morgan fingerprint density at radius 3 is 1.58 bits per heavy atom. The zero-order chi connectivity index (χ0) is 31.6. The summed E-state index contributed by atoms with van der Waals surface area (Å²) in [4.78, 5) is 14.8. The van der Waals surface area contributed by atoms with Gasteiger partial charge in [-0.25, -0.2) is 15.0 Å². The molecule has 0 radical (unpaired) electrons. The van der Waals surface area contributed by atoms with Gasteiger partial charge in [-0.05, 0) is 69.4 Å². The fourth-order valence-corrected chi connectivity index (χ4v) is 7.91. The minimum absolute atomic E-state index is 0.646. The van der Waals surface area contributed by atoms with Crippen molar-refractivity contribution in [3.8, 4) is 39.9 Å². The molecule has 0 N–H and O–H groups in total. The molecule has 0 fully saturated rings. The molecule has 10 aromatic rings. The molecule has 10 rings (SSSR count). The lowest BCUT2D eigenvalue weighted by Crippen LogP contribution is -2.00. The summed E-state index contributed by atoms with van der Waals surface area (Å²) in [7, 11) is 0. The average Bonchev–Trinajstić information content (AvgIpc) is 3.77. The first-order valence-electron chi connectivity index (χ1n) is 16.0. The van der Waals surface area contributed by atoms with E-state index in [-0.39, 0.29) is 0 Å². The van der Waals surface area contributed by atoms with Crippen LogP contribution in [-0.4, -0.2) is 19.5 Å². The van der Waals surface area contributed by atoms with Crippen LogP contribution in [0.5, 0.6) is 0 Å². The van der Waals surface area contributed by atoms with Gasteiger partial charge in [0.2, 0.25) is 0 Å². The molecule has 0 bridgehead atoms. The Labute approximate surface area is 280 Å². The number of rotatable bonds is 4. The third-order valence-electron chi connectivity index (χ3n) is 9.29. The highest BCUT2D eigenvalue weighted by Crippen LogP contribution is 2.44. The summed E-state index contributed by atoms with van der Waals surface area (Å²) in [5.41, 5.74) is 6.37. The maximum atomic E-state index is 4.97. The van der Waals surface area contributed by atoms with Crippen LogP contribution in [0.25, 0.3) is 93.3 Å². The van der Waals surface area contributed by atoms with Gasteiger partial charge in [-0.2, -0.15) is 0 Å². The molecule has 5 heteroatoms. The summed E-state index contributed by atoms with van der Waals surface area (Å²) >= 11 is 1.80. The summed E-state index contributed by atoms with van der Waals surface area (Å²) in [5.74, 6) is 1.96. The number of hydrogen-bond donors (Lipinski definition) is 0. The molecule has 0 amide bonds. The molecule has 3 aromatic heterocycles. The Kier molecular flexibility index (Phi) is 6.01. The van der Waals surface area contributed by atoms with Gasteiger partial charge in [0.05, 0.1) is 11.0 Å². The number of hydrogen-bond acceptors (Lipinski definition) is 4. The van der Waals surface area contributed by atoms with Crippen LogP contribution in [0.2, 0.25) is 0 Å². The van der Waals surface area contributed by atoms with Crippen molar-refractivity contribution in [1.29, 1.82) is 0 Å². The predicted molar refractivity (Wildman–Crippen MR) is 201 cm³/mol. The fraction of sp³-hybridized carbons (Fsp3) is 0. The Morgan fingerprint density at radius 1 is 0.438 bits per heavy atom. The van der Waals surface area contributed by atoms with E-state index in [1.165, 1.54) is 53.4 Å². The van der Waals surface area contributed by atoms with Gasteiger partial charge in [-0.1, -0.05) is 109 Å². The summed E-state index contributed by atoms with van der Waals surface area (Å²) in [6.07, 6.45) is 0. The van der Waals surface area contributed by atoms with Crippen molar-refractivity contribution in [3.63, 3.8) is 0 Å². The molecule has 0 atom stereocenters. The third kappa shape index (κ3) is 4.18. The second-order valence-electron chi connectivity index (χ2n) is 12.1. The molecular weight excluding hydrogens is 605 g/mol.